The number of amides is 2. The number of thioether (sulfide) groups is 1. The van der Waals surface area contributed by atoms with Crippen LogP contribution in [0.4, 0.5) is 0 Å². The first-order valence-corrected chi connectivity index (χ1v) is 12.8. The van der Waals surface area contributed by atoms with Gasteiger partial charge in [-0.15, -0.1) is 11.8 Å². The maximum Gasteiger partial charge on any atom is 0.253 e. The monoisotopic (exact) mass is 471 g/mol. The van der Waals surface area contributed by atoms with Crippen molar-refractivity contribution in [1.82, 2.24) is 14.7 Å². The zero-order chi connectivity index (χ0) is 23.3. The van der Waals surface area contributed by atoms with Crippen molar-refractivity contribution < 1.29 is 9.59 Å². The minimum absolute atomic E-state index is 0.0154. The Bertz CT molecular complexity index is 1110. The Labute approximate surface area is 205 Å². The molecule has 3 aromatic rings. The van der Waals surface area contributed by atoms with Crippen LogP contribution in [-0.4, -0.2) is 58.4 Å². The van der Waals surface area contributed by atoms with E-state index in [9.17, 15) is 9.59 Å². The summed E-state index contributed by atoms with van der Waals surface area (Å²) in [5.74, 6) is 0.736. The standard InChI is InChI=1S/C28H29N3O2S/c32-26-21-34-28(31(26)20-23-9-5-2-6-10-23)25-13-11-24(12-14-25)27(33)30-17-15-29(16-18-30)19-22-7-3-1-4-8-22/h1-14,28H,15-21H2/t28-/m0/s1. The molecule has 5 nitrogen and oxygen atoms in total. The fraction of sp³-hybridized carbons (Fsp3) is 0.286. The van der Waals surface area contributed by atoms with Gasteiger partial charge >= 0.3 is 0 Å². The van der Waals surface area contributed by atoms with Gasteiger partial charge in [0.25, 0.3) is 5.91 Å². The van der Waals surface area contributed by atoms with Crippen molar-refractivity contribution in [1.29, 1.82) is 0 Å². The van der Waals surface area contributed by atoms with Crippen LogP contribution in [0.15, 0.2) is 84.9 Å². The van der Waals surface area contributed by atoms with Crippen molar-refractivity contribution >= 4 is 23.6 Å². The summed E-state index contributed by atoms with van der Waals surface area (Å²) in [4.78, 5) is 31.9. The Morgan fingerprint density at radius 3 is 1.97 bits per heavy atom. The molecule has 0 unspecified atom stereocenters. The third-order valence-corrected chi connectivity index (χ3v) is 7.77. The molecule has 0 saturated carbocycles. The van der Waals surface area contributed by atoms with Gasteiger partial charge in [0.1, 0.15) is 5.37 Å². The third-order valence-electron chi connectivity index (χ3n) is 6.52. The van der Waals surface area contributed by atoms with Gasteiger partial charge in [-0.1, -0.05) is 72.8 Å². The fourth-order valence-electron chi connectivity index (χ4n) is 4.60. The van der Waals surface area contributed by atoms with Crippen molar-refractivity contribution in [3.05, 3.63) is 107 Å². The smallest absolute Gasteiger partial charge is 0.253 e. The van der Waals surface area contributed by atoms with Crippen molar-refractivity contribution in [3.63, 3.8) is 0 Å². The van der Waals surface area contributed by atoms with E-state index in [2.05, 4.69) is 41.3 Å². The summed E-state index contributed by atoms with van der Waals surface area (Å²) >= 11 is 1.65. The van der Waals surface area contributed by atoms with Crippen molar-refractivity contribution in [2.45, 2.75) is 18.5 Å². The van der Waals surface area contributed by atoms with E-state index in [0.29, 0.717) is 17.9 Å². The predicted octanol–water partition coefficient (Wildman–Crippen LogP) is 4.42. The third kappa shape index (κ3) is 5.18. The number of piperazine rings is 1. The number of rotatable bonds is 6. The lowest BCUT2D eigenvalue weighted by Gasteiger charge is -2.35. The molecule has 2 heterocycles. The number of carbonyl (C=O) groups is 2. The van der Waals surface area contributed by atoms with E-state index in [-0.39, 0.29) is 17.2 Å². The maximum atomic E-state index is 13.1. The van der Waals surface area contributed by atoms with E-state index >= 15 is 0 Å². The number of nitrogens with zero attached hydrogens (tertiary/aromatic N) is 3. The van der Waals surface area contributed by atoms with Gasteiger partial charge in [0.2, 0.25) is 5.91 Å². The molecule has 0 spiro atoms. The number of carbonyl (C=O) groups excluding carboxylic acids is 2. The Morgan fingerprint density at radius 2 is 1.35 bits per heavy atom. The Balaban J connectivity index is 1.19. The predicted molar refractivity (Wildman–Crippen MR) is 136 cm³/mol. The SMILES string of the molecule is O=C(c1ccc([C@@H]2SCC(=O)N2Cc2ccccc2)cc1)N1CCN(Cc2ccccc2)CC1. The van der Waals surface area contributed by atoms with Crippen LogP contribution < -0.4 is 0 Å². The van der Waals surface area contributed by atoms with Crippen molar-refractivity contribution in [2.75, 3.05) is 31.9 Å². The summed E-state index contributed by atoms with van der Waals surface area (Å²) in [6.45, 7) is 4.78. The molecule has 2 aliphatic rings. The topological polar surface area (TPSA) is 43.9 Å². The lowest BCUT2D eigenvalue weighted by atomic mass is 10.1. The van der Waals surface area contributed by atoms with E-state index in [1.54, 1.807) is 11.8 Å². The molecule has 2 aliphatic heterocycles. The van der Waals surface area contributed by atoms with E-state index in [1.807, 2.05) is 58.3 Å². The first kappa shape index (κ1) is 22.7. The van der Waals surface area contributed by atoms with Gasteiger partial charge in [-0.3, -0.25) is 14.5 Å². The fourth-order valence-corrected chi connectivity index (χ4v) is 5.79. The van der Waals surface area contributed by atoms with Crippen LogP contribution in [0.2, 0.25) is 0 Å². The summed E-state index contributed by atoms with van der Waals surface area (Å²) in [7, 11) is 0. The van der Waals surface area contributed by atoms with Crippen molar-refractivity contribution in [2.24, 2.45) is 0 Å². The van der Waals surface area contributed by atoms with Gasteiger partial charge in [0, 0.05) is 44.8 Å². The molecule has 1 atom stereocenters. The highest BCUT2D eigenvalue weighted by atomic mass is 32.2. The minimum atomic E-state index is -0.0154. The molecule has 3 aromatic carbocycles. The largest absolute Gasteiger partial charge is 0.336 e. The molecule has 0 radical (unpaired) electrons. The lowest BCUT2D eigenvalue weighted by molar-refractivity contribution is -0.128. The lowest BCUT2D eigenvalue weighted by Crippen LogP contribution is -2.48. The highest BCUT2D eigenvalue weighted by molar-refractivity contribution is 8.00. The van der Waals surface area contributed by atoms with Crippen LogP contribution >= 0.6 is 11.8 Å². The molecular weight excluding hydrogens is 442 g/mol. The van der Waals surface area contributed by atoms with E-state index in [1.165, 1.54) is 5.56 Å². The molecule has 0 aliphatic carbocycles. The zero-order valence-electron chi connectivity index (χ0n) is 19.2. The average Bonchev–Trinajstić information content (AvgIpc) is 3.25. The molecule has 0 N–H and O–H groups in total. The molecule has 2 saturated heterocycles. The van der Waals surface area contributed by atoms with Crippen LogP contribution in [0, 0.1) is 0 Å². The van der Waals surface area contributed by atoms with E-state index in [0.717, 1.165) is 43.9 Å². The molecule has 2 amide bonds. The zero-order valence-corrected chi connectivity index (χ0v) is 20.0. The van der Waals surface area contributed by atoms with Crippen molar-refractivity contribution in [3.8, 4) is 0 Å². The van der Waals surface area contributed by atoms with Gasteiger partial charge in [-0.05, 0) is 28.8 Å². The van der Waals surface area contributed by atoms with Crippen LogP contribution in [-0.2, 0) is 17.9 Å². The second kappa shape index (κ2) is 10.5. The summed E-state index contributed by atoms with van der Waals surface area (Å²) < 4.78 is 0. The molecular formula is C28H29N3O2S. The number of benzene rings is 3. The second-order valence-corrected chi connectivity index (χ2v) is 9.92. The summed E-state index contributed by atoms with van der Waals surface area (Å²) in [6, 6.07) is 28.4. The molecule has 0 aromatic heterocycles. The normalized spacial score (nSPS) is 18.9. The van der Waals surface area contributed by atoms with Gasteiger partial charge in [0.05, 0.1) is 5.75 Å². The van der Waals surface area contributed by atoms with E-state index < -0.39 is 0 Å². The number of hydrogen-bond acceptors (Lipinski definition) is 4. The van der Waals surface area contributed by atoms with Crippen LogP contribution in [0.25, 0.3) is 0 Å². The Hall–Kier alpha value is -3.09. The Morgan fingerprint density at radius 1 is 0.765 bits per heavy atom. The average molecular weight is 472 g/mol. The molecule has 2 fully saturated rings. The second-order valence-electron chi connectivity index (χ2n) is 8.85. The molecule has 174 valence electrons. The molecule has 0 bridgehead atoms. The number of hydrogen-bond donors (Lipinski definition) is 0. The molecule has 5 rings (SSSR count). The van der Waals surface area contributed by atoms with E-state index in [4.69, 9.17) is 0 Å². The van der Waals surface area contributed by atoms with Crippen LogP contribution in [0.5, 0.6) is 0 Å². The van der Waals surface area contributed by atoms with Crippen LogP contribution in [0.1, 0.15) is 32.4 Å². The van der Waals surface area contributed by atoms with Crippen LogP contribution in [0.3, 0.4) is 0 Å². The van der Waals surface area contributed by atoms with Gasteiger partial charge < -0.3 is 9.80 Å². The minimum Gasteiger partial charge on any atom is -0.336 e. The van der Waals surface area contributed by atoms with Gasteiger partial charge in [0.15, 0.2) is 0 Å². The summed E-state index contributed by atoms with van der Waals surface area (Å²) in [5, 5.41) is -0.0154. The highest BCUT2D eigenvalue weighted by Crippen LogP contribution is 2.39. The quantitative estimate of drug-likeness (QED) is 0.534. The molecule has 6 heteroatoms. The summed E-state index contributed by atoms with van der Waals surface area (Å²) in [5.41, 5.74) is 4.21. The first-order valence-electron chi connectivity index (χ1n) is 11.8. The highest BCUT2D eigenvalue weighted by Gasteiger charge is 2.33. The Kier molecular flexibility index (Phi) is 6.97. The first-order chi connectivity index (χ1) is 16.7. The summed E-state index contributed by atoms with van der Waals surface area (Å²) in [6.07, 6.45) is 0. The van der Waals surface area contributed by atoms with Gasteiger partial charge in [-0.25, -0.2) is 0 Å². The van der Waals surface area contributed by atoms with Gasteiger partial charge in [-0.2, -0.15) is 0 Å². The maximum absolute atomic E-state index is 13.1. The molecule has 34 heavy (non-hydrogen) atoms.